The summed E-state index contributed by atoms with van der Waals surface area (Å²) in [6, 6.07) is 6.02. The molecule has 1 aliphatic carbocycles. The van der Waals surface area contributed by atoms with Crippen LogP contribution in [0, 0.1) is 11.3 Å². The molecule has 0 aromatic carbocycles. The zero-order valence-corrected chi connectivity index (χ0v) is 12.3. The minimum atomic E-state index is -0.170. The fraction of sp³-hybridized carbons (Fsp3) is 0.231. The van der Waals surface area contributed by atoms with Crippen LogP contribution in [0.5, 0.6) is 0 Å². The molecule has 0 aliphatic heterocycles. The lowest BCUT2D eigenvalue weighted by Crippen LogP contribution is -2.16. The van der Waals surface area contributed by atoms with Crippen molar-refractivity contribution >= 4 is 38.2 Å². The summed E-state index contributed by atoms with van der Waals surface area (Å²) in [5.74, 6) is -0.170. The summed E-state index contributed by atoms with van der Waals surface area (Å²) >= 11 is 4.76. The number of nitrogens with zero attached hydrogens (tertiary/aromatic N) is 2. The molecule has 3 rings (SSSR count). The molecular weight excluding hydrogens is 326 g/mol. The summed E-state index contributed by atoms with van der Waals surface area (Å²) in [5.41, 5.74) is 1.13. The van der Waals surface area contributed by atoms with Crippen LogP contribution in [0.3, 0.4) is 0 Å². The molecule has 1 amide bonds. The maximum Gasteiger partial charge on any atom is 0.272 e. The Kier molecular flexibility index (Phi) is 3.17. The number of carbonyl (C=O) groups excluding carboxylic acids is 1. The number of hydrogen-bond acceptors (Lipinski definition) is 3. The van der Waals surface area contributed by atoms with E-state index in [2.05, 4.69) is 27.3 Å². The molecule has 2 heterocycles. The summed E-state index contributed by atoms with van der Waals surface area (Å²) in [4.78, 5) is 12.3. The van der Waals surface area contributed by atoms with Crippen LogP contribution >= 0.6 is 27.3 Å². The highest BCUT2D eigenvalue weighted by molar-refractivity contribution is 9.10. The molecule has 0 atom stereocenters. The molecule has 1 N–H and O–H groups in total. The van der Waals surface area contributed by atoms with Crippen molar-refractivity contribution in [3.8, 4) is 6.07 Å². The predicted molar refractivity (Wildman–Crippen MR) is 77.4 cm³/mol. The summed E-state index contributed by atoms with van der Waals surface area (Å²) in [7, 11) is 0. The molecule has 2 aromatic heterocycles. The number of carbonyl (C=O) groups is 1. The van der Waals surface area contributed by atoms with Gasteiger partial charge in [-0.25, -0.2) is 0 Å². The number of nitriles is 1. The second kappa shape index (κ2) is 4.83. The SMILES string of the molecule is N#Cc1ccsc1NC(=O)c1cc(Br)cn1C1CC1. The zero-order chi connectivity index (χ0) is 13.4. The molecule has 96 valence electrons. The standard InChI is InChI=1S/C13H10BrN3OS/c14-9-5-11(17(7-9)10-1-2-10)12(18)16-13-8(6-15)3-4-19-13/h3-5,7,10H,1-2H2,(H,16,18). The Balaban J connectivity index is 1.86. The fourth-order valence-electron chi connectivity index (χ4n) is 1.94. The summed E-state index contributed by atoms with van der Waals surface area (Å²) in [5, 5.41) is 14.1. The van der Waals surface area contributed by atoms with E-state index in [0.717, 1.165) is 17.3 Å². The lowest BCUT2D eigenvalue weighted by atomic mass is 10.3. The van der Waals surface area contributed by atoms with Gasteiger partial charge in [0.1, 0.15) is 16.8 Å². The van der Waals surface area contributed by atoms with E-state index >= 15 is 0 Å². The highest BCUT2D eigenvalue weighted by Crippen LogP contribution is 2.37. The van der Waals surface area contributed by atoms with Gasteiger partial charge in [-0.05, 0) is 46.3 Å². The van der Waals surface area contributed by atoms with Crippen molar-refractivity contribution in [1.82, 2.24) is 4.57 Å². The van der Waals surface area contributed by atoms with E-state index in [-0.39, 0.29) is 5.91 Å². The predicted octanol–water partition coefficient (Wildman–Crippen LogP) is 3.77. The van der Waals surface area contributed by atoms with Gasteiger partial charge in [0.05, 0.1) is 5.56 Å². The van der Waals surface area contributed by atoms with Gasteiger partial charge in [0.2, 0.25) is 0 Å². The van der Waals surface area contributed by atoms with Crippen molar-refractivity contribution in [2.75, 3.05) is 5.32 Å². The number of amides is 1. The maximum absolute atomic E-state index is 12.3. The normalized spacial score (nSPS) is 14.1. The molecule has 1 fully saturated rings. The van der Waals surface area contributed by atoms with Crippen LogP contribution in [0.25, 0.3) is 0 Å². The Labute approximate surface area is 122 Å². The monoisotopic (exact) mass is 335 g/mol. The Bertz CT molecular complexity index is 678. The van der Waals surface area contributed by atoms with Crippen molar-refractivity contribution in [2.24, 2.45) is 0 Å². The van der Waals surface area contributed by atoms with E-state index < -0.39 is 0 Å². The van der Waals surface area contributed by atoms with Crippen LogP contribution in [0.1, 0.15) is 34.9 Å². The highest BCUT2D eigenvalue weighted by Gasteiger charge is 2.28. The first-order chi connectivity index (χ1) is 9.19. The Hall–Kier alpha value is -1.58. The summed E-state index contributed by atoms with van der Waals surface area (Å²) in [6.45, 7) is 0. The van der Waals surface area contributed by atoms with Crippen molar-refractivity contribution in [1.29, 1.82) is 5.26 Å². The number of nitrogens with one attached hydrogen (secondary N) is 1. The topological polar surface area (TPSA) is 57.8 Å². The van der Waals surface area contributed by atoms with Crippen LogP contribution in [0.4, 0.5) is 5.00 Å². The van der Waals surface area contributed by atoms with E-state index in [4.69, 9.17) is 5.26 Å². The van der Waals surface area contributed by atoms with Crippen molar-refractivity contribution < 1.29 is 4.79 Å². The zero-order valence-electron chi connectivity index (χ0n) is 9.89. The van der Waals surface area contributed by atoms with Crippen molar-refractivity contribution in [3.63, 3.8) is 0 Å². The van der Waals surface area contributed by atoms with Gasteiger partial charge in [-0.15, -0.1) is 11.3 Å². The number of thiophene rings is 1. The summed E-state index contributed by atoms with van der Waals surface area (Å²) < 4.78 is 2.90. The molecule has 1 saturated carbocycles. The fourth-order valence-corrected chi connectivity index (χ4v) is 3.11. The van der Waals surface area contributed by atoms with Gasteiger partial charge in [0, 0.05) is 16.7 Å². The molecule has 0 unspecified atom stereocenters. The molecule has 6 heteroatoms. The summed E-state index contributed by atoms with van der Waals surface area (Å²) in [6.07, 6.45) is 4.17. The van der Waals surface area contributed by atoms with Crippen molar-refractivity contribution in [2.45, 2.75) is 18.9 Å². The Morgan fingerprint density at radius 3 is 3.05 bits per heavy atom. The quantitative estimate of drug-likeness (QED) is 0.927. The number of hydrogen-bond donors (Lipinski definition) is 1. The minimum absolute atomic E-state index is 0.170. The third-order valence-corrected chi connectivity index (χ3v) is 4.26. The van der Waals surface area contributed by atoms with E-state index in [1.165, 1.54) is 11.3 Å². The van der Waals surface area contributed by atoms with Crippen LogP contribution in [-0.2, 0) is 0 Å². The van der Waals surface area contributed by atoms with Gasteiger partial charge < -0.3 is 9.88 Å². The second-order valence-corrected chi connectivity index (χ2v) is 6.24. The number of aromatic nitrogens is 1. The van der Waals surface area contributed by atoms with E-state index in [1.807, 2.05) is 16.8 Å². The smallest absolute Gasteiger partial charge is 0.272 e. The second-order valence-electron chi connectivity index (χ2n) is 4.41. The largest absolute Gasteiger partial charge is 0.339 e. The van der Waals surface area contributed by atoms with Gasteiger partial charge in [-0.2, -0.15) is 5.26 Å². The average molecular weight is 336 g/mol. The molecule has 2 aromatic rings. The first kappa shape index (κ1) is 12.5. The third-order valence-electron chi connectivity index (χ3n) is 3.00. The first-order valence-electron chi connectivity index (χ1n) is 5.85. The molecular formula is C13H10BrN3OS. The lowest BCUT2D eigenvalue weighted by Gasteiger charge is -2.07. The van der Waals surface area contributed by atoms with Crippen LogP contribution < -0.4 is 5.32 Å². The number of halogens is 1. The number of anilines is 1. The van der Waals surface area contributed by atoms with Gasteiger partial charge in [0.25, 0.3) is 5.91 Å². The molecule has 4 nitrogen and oxygen atoms in total. The Morgan fingerprint density at radius 2 is 2.37 bits per heavy atom. The van der Waals surface area contributed by atoms with Crippen molar-refractivity contribution in [3.05, 3.63) is 39.4 Å². The van der Waals surface area contributed by atoms with Crippen LogP contribution in [0.15, 0.2) is 28.2 Å². The van der Waals surface area contributed by atoms with Crippen LogP contribution in [0.2, 0.25) is 0 Å². The number of rotatable bonds is 3. The highest BCUT2D eigenvalue weighted by atomic mass is 79.9. The van der Waals surface area contributed by atoms with E-state index in [9.17, 15) is 4.79 Å². The molecule has 1 aliphatic rings. The van der Waals surface area contributed by atoms with Gasteiger partial charge >= 0.3 is 0 Å². The van der Waals surface area contributed by atoms with E-state index in [1.54, 1.807) is 11.4 Å². The van der Waals surface area contributed by atoms with Gasteiger partial charge in [0.15, 0.2) is 0 Å². The third kappa shape index (κ3) is 2.44. The first-order valence-corrected chi connectivity index (χ1v) is 7.52. The van der Waals surface area contributed by atoms with Crippen LogP contribution in [-0.4, -0.2) is 10.5 Å². The lowest BCUT2D eigenvalue weighted by molar-refractivity contribution is 0.101. The molecule has 19 heavy (non-hydrogen) atoms. The minimum Gasteiger partial charge on any atom is -0.339 e. The molecule has 0 radical (unpaired) electrons. The molecule has 0 spiro atoms. The molecule has 0 bridgehead atoms. The van der Waals surface area contributed by atoms with E-state index in [0.29, 0.717) is 22.3 Å². The molecule has 0 saturated heterocycles. The average Bonchev–Trinajstić information content (AvgIpc) is 3.02. The van der Waals surface area contributed by atoms with Gasteiger partial charge in [-0.1, -0.05) is 0 Å². The maximum atomic E-state index is 12.3. The Morgan fingerprint density at radius 1 is 1.58 bits per heavy atom. The van der Waals surface area contributed by atoms with Gasteiger partial charge in [-0.3, -0.25) is 4.79 Å².